The second-order valence-corrected chi connectivity index (χ2v) is 4.76. The van der Waals surface area contributed by atoms with Crippen molar-refractivity contribution in [1.29, 1.82) is 0 Å². The monoisotopic (exact) mass is 243 g/mol. The average molecular weight is 243 g/mol. The summed E-state index contributed by atoms with van der Waals surface area (Å²) < 4.78 is 39.8. The summed E-state index contributed by atoms with van der Waals surface area (Å²) in [6, 6.07) is 3.60. The van der Waals surface area contributed by atoms with Crippen molar-refractivity contribution in [3.63, 3.8) is 0 Å². The van der Waals surface area contributed by atoms with Crippen molar-refractivity contribution in [2.45, 2.75) is 25.7 Å². The van der Waals surface area contributed by atoms with Gasteiger partial charge in [0, 0.05) is 12.5 Å². The molecule has 0 aromatic heterocycles. The fraction of sp³-hybridized carbons (Fsp3) is 0.538. The first-order valence-corrected chi connectivity index (χ1v) is 5.84. The highest BCUT2D eigenvalue weighted by molar-refractivity contribution is 5.28. The fourth-order valence-electron chi connectivity index (χ4n) is 2.20. The minimum absolute atomic E-state index is 0.111. The highest BCUT2D eigenvalue weighted by Crippen LogP contribution is 2.29. The Morgan fingerprint density at radius 3 is 2.76 bits per heavy atom. The average Bonchev–Trinajstić information content (AvgIpc) is 2.72. The molecule has 1 aliphatic heterocycles. The predicted octanol–water partition coefficient (Wildman–Crippen LogP) is 3.09. The lowest BCUT2D eigenvalue weighted by Crippen LogP contribution is -2.13. The summed E-state index contributed by atoms with van der Waals surface area (Å²) in [5, 5.41) is 3.19. The van der Waals surface area contributed by atoms with E-state index >= 15 is 0 Å². The van der Waals surface area contributed by atoms with Crippen LogP contribution in [0.2, 0.25) is 0 Å². The summed E-state index contributed by atoms with van der Waals surface area (Å²) >= 11 is 0. The lowest BCUT2D eigenvalue weighted by atomic mass is 9.96. The first-order chi connectivity index (χ1) is 7.97. The topological polar surface area (TPSA) is 12.0 Å². The van der Waals surface area contributed by atoms with Gasteiger partial charge in [0.15, 0.2) is 0 Å². The summed E-state index contributed by atoms with van der Waals surface area (Å²) in [4.78, 5) is 0. The molecular formula is C13H16F3N. The molecule has 1 saturated heterocycles. The molecule has 94 valence electrons. The van der Waals surface area contributed by atoms with E-state index in [2.05, 4.69) is 5.32 Å². The Bertz CT molecular complexity index is 392. The second-order valence-electron chi connectivity index (χ2n) is 4.76. The van der Waals surface area contributed by atoms with E-state index in [1.165, 1.54) is 6.07 Å². The van der Waals surface area contributed by atoms with Gasteiger partial charge in [0.05, 0.1) is 0 Å². The van der Waals surface area contributed by atoms with E-state index in [4.69, 9.17) is 0 Å². The molecule has 1 unspecified atom stereocenters. The number of rotatable bonds is 3. The Hall–Kier alpha value is -1.03. The van der Waals surface area contributed by atoms with Gasteiger partial charge in [-0.3, -0.25) is 0 Å². The lowest BCUT2D eigenvalue weighted by molar-refractivity contribution is 0.0173. The summed E-state index contributed by atoms with van der Waals surface area (Å²) in [6.07, 6.45) is 1.51. The number of halogens is 3. The van der Waals surface area contributed by atoms with Gasteiger partial charge >= 0.3 is 0 Å². The van der Waals surface area contributed by atoms with Gasteiger partial charge in [-0.15, -0.1) is 0 Å². The third-order valence-electron chi connectivity index (χ3n) is 3.22. The van der Waals surface area contributed by atoms with Crippen LogP contribution in [0, 0.1) is 11.7 Å². The van der Waals surface area contributed by atoms with Crippen LogP contribution >= 0.6 is 0 Å². The van der Waals surface area contributed by atoms with Gasteiger partial charge < -0.3 is 5.32 Å². The van der Waals surface area contributed by atoms with Crippen LogP contribution in [0.1, 0.15) is 24.5 Å². The number of nitrogens with one attached hydrogen (secondary N) is 1. The molecule has 2 rings (SSSR count). The number of hydrogen-bond acceptors (Lipinski definition) is 1. The second kappa shape index (κ2) is 4.69. The molecule has 1 atom stereocenters. The Morgan fingerprint density at radius 1 is 1.41 bits per heavy atom. The third-order valence-corrected chi connectivity index (χ3v) is 3.22. The zero-order chi connectivity index (χ0) is 12.5. The highest BCUT2D eigenvalue weighted by atomic mass is 19.3. The van der Waals surface area contributed by atoms with Gasteiger partial charge in [-0.05, 0) is 49.5 Å². The van der Waals surface area contributed by atoms with Crippen LogP contribution < -0.4 is 5.32 Å². The van der Waals surface area contributed by atoms with Crippen molar-refractivity contribution in [3.05, 3.63) is 35.1 Å². The molecule has 0 spiro atoms. The SMILES string of the molecule is CC(F)(F)c1ccc(F)c(CC2CCNC2)c1. The molecule has 0 saturated carbocycles. The molecule has 0 aliphatic carbocycles. The van der Waals surface area contributed by atoms with Crippen molar-refractivity contribution in [3.8, 4) is 0 Å². The van der Waals surface area contributed by atoms with E-state index in [0.717, 1.165) is 38.6 Å². The van der Waals surface area contributed by atoms with E-state index in [9.17, 15) is 13.2 Å². The molecule has 1 aromatic carbocycles. The Labute approximate surface area is 99.0 Å². The standard InChI is InChI=1S/C13H16F3N/c1-13(15,16)11-2-3-12(14)10(7-11)6-9-4-5-17-8-9/h2-3,7,9,17H,4-6,8H2,1H3. The van der Waals surface area contributed by atoms with Gasteiger partial charge in [0.2, 0.25) is 0 Å². The fourth-order valence-corrected chi connectivity index (χ4v) is 2.20. The van der Waals surface area contributed by atoms with E-state index in [1.54, 1.807) is 0 Å². The van der Waals surface area contributed by atoms with Gasteiger partial charge in [-0.2, -0.15) is 0 Å². The van der Waals surface area contributed by atoms with Crippen LogP contribution in [0.3, 0.4) is 0 Å². The lowest BCUT2D eigenvalue weighted by Gasteiger charge is -2.14. The molecule has 1 fully saturated rings. The van der Waals surface area contributed by atoms with Crippen LogP contribution in [-0.4, -0.2) is 13.1 Å². The van der Waals surface area contributed by atoms with Crippen LogP contribution in [0.15, 0.2) is 18.2 Å². The maximum Gasteiger partial charge on any atom is 0.270 e. The molecule has 1 N–H and O–H groups in total. The van der Waals surface area contributed by atoms with Crippen LogP contribution in [0.4, 0.5) is 13.2 Å². The van der Waals surface area contributed by atoms with Gasteiger partial charge in [-0.25, -0.2) is 13.2 Å². The van der Waals surface area contributed by atoms with E-state index < -0.39 is 5.92 Å². The zero-order valence-corrected chi connectivity index (χ0v) is 9.77. The summed E-state index contributed by atoms with van der Waals surface area (Å²) in [6.45, 7) is 2.60. The van der Waals surface area contributed by atoms with E-state index in [1.807, 2.05) is 0 Å². The third kappa shape index (κ3) is 3.00. The molecule has 0 bridgehead atoms. The minimum atomic E-state index is -2.91. The first kappa shape index (κ1) is 12.4. The maximum absolute atomic E-state index is 13.5. The maximum atomic E-state index is 13.5. The normalized spacial score (nSPS) is 20.8. The van der Waals surface area contributed by atoms with Crippen LogP contribution in [0.5, 0.6) is 0 Å². The summed E-state index contributed by atoms with van der Waals surface area (Å²) in [5.74, 6) is -2.94. The molecule has 1 aromatic rings. The zero-order valence-electron chi connectivity index (χ0n) is 9.77. The Kier molecular flexibility index (Phi) is 3.43. The smallest absolute Gasteiger partial charge is 0.270 e. The van der Waals surface area contributed by atoms with Gasteiger partial charge in [0.1, 0.15) is 5.82 Å². The van der Waals surface area contributed by atoms with Crippen LogP contribution in [0.25, 0.3) is 0 Å². The quantitative estimate of drug-likeness (QED) is 0.860. The van der Waals surface area contributed by atoms with Crippen molar-refractivity contribution < 1.29 is 13.2 Å². The highest BCUT2D eigenvalue weighted by Gasteiger charge is 2.26. The number of benzene rings is 1. The molecular weight excluding hydrogens is 227 g/mol. The first-order valence-electron chi connectivity index (χ1n) is 5.84. The molecule has 1 nitrogen and oxygen atoms in total. The Morgan fingerprint density at radius 2 is 2.18 bits per heavy atom. The molecule has 1 aliphatic rings. The van der Waals surface area contributed by atoms with Crippen molar-refractivity contribution >= 4 is 0 Å². The molecule has 17 heavy (non-hydrogen) atoms. The van der Waals surface area contributed by atoms with Gasteiger partial charge in [-0.1, -0.05) is 6.07 Å². The largest absolute Gasteiger partial charge is 0.316 e. The molecule has 4 heteroatoms. The number of hydrogen-bond donors (Lipinski definition) is 1. The molecule has 0 radical (unpaired) electrons. The van der Waals surface area contributed by atoms with Crippen molar-refractivity contribution in [2.24, 2.45) is 5.92 Å². The van der Waals surface area contributed by atoms with E-state index in [0.29, 0.717) is 17.9 Å². The minimum Gasteiger partial charge on any atom is -0.316 e. The molecule has 0 amide bonds. The predicted molar refractivity (Wildman–Crippen MR) is 60.6 cm³/mol. The van der Waals surface area contributed by atoms with Crippen molar-refractivity contribution in [2.75, 3.05) is 13.1 Å². The summed E-state index contributed by atoms with van der Waals surface area (Å²) in [7, 11) is 0. The van der Waals surface area contributed by atoms with E-state index in [-0.39, 0.29) is 11.4 Å². The number of alkyl halides is 2. The summed E-state index contributed by atoms with van der Waals surface area (Å²) in [5.41, 5.74) is 0.289. The Balaban J connectivity index is 2.20. The van der Waals surface area contributed by atoms with Crippen LogP contribution in [-0.2, 0) is 12.3 Å². The van der Waals surface area contributed by atoms with Crippen molar-refractivity contribution in [1.82, 2.24) is 5.32 Å². The van der Waals surface area contributed by atoms with Gasteiger partial charge in [0.25, 0.3) is 5.92 Å². The molecule has 1 heterocycles.